The van der Waals surface area contributed by atoms with E-state index in [9.17, 15) is 0 Å². The molecule has 0 fully saturated rings. The van der Waals surface area contributed by atoms with E-state index in [1.54, 1.807) is 10.9 Å². The van der Waals surface area contributed by atoms with E-state index in [1.165, 1.54) is 0 Å². The predicted octanol–water partition coefficient (Wildman–Crippen LogP) is 2.69. The monoisotopic (exact) mass is 339 g/mol. The van der Waals surface area contributed by atoms with Gasteiger partial charge in [-0.05, 0) is 26.3 Å². The minimum atomic E-state index is -0.133. The zero-order chi connectivity index (χ0) is 18.0. The lowest BCUT2D eigenvalue weighted by atomic mass is 10.1. The Morgan fingerprint density at radius 3 is 2.56 bits per heavy atom. The van der Waals surface area contributed by atoms with Gasteiger partial charge >= 0.3 is 0 Å². The van der Waals surface area contributed by atoms with Gasteiger partial charge in [-0.1, -0.05) is 30.3 Å². The molecule has 0 aliphatic heterocycles. The molecule has 25 heavy (non-hydrogen) atoms. The molecular formula is C18H25N7. The van der Waals surface area contributed by atoms with E-state index < -0.39 is 0 Å². The number of nitrogens with two attached hydrogens (primary N) is 1. The lowest BCUT2D eigenvalue weighted by Gasteiger charge is -2.22. The molecule has 0 saturated carbocycles. The van der Waals surface area contributed by atoms with Gasteiger partial charge in [0.05, 0.1) is 11.6 Å². The second-order valence-corrected chi connectivity index (χ2v) is 7.17. The van der Waals surface area contributed by atoms with E-state index in [0.717, 1.165) is 22.4 Å². The summed E-state index contributed by atoms with van der Waals surface area (Å²) < 4.78 is 1.74. The summed E-state index contributed by atoms with van der Waals surface area (Å²) in [6.45, 7) is 6.82. The van der Waals surface area contributed by atoms with Crippen LogP contribution in [0, 0.1) is 0 Å². The van der Waals surface area contributed by atoms with Crippen LogP contribution in [0.3, 0.4) is 0 Å². The second kappa shape index (κ2) is 6.68. The standard InChI is InChI=1S/C18H25N7/c1-18(2,3)24-15-13-10-21-25(4)16(13)23-17(22-15)20-11-14(19)12-8-6-5-7-9-12/h5-10,14H,11,19H2,1-4H3,(H2,20,22,23,24)/t14-/m0/s1. The molecule has 0 aliphatic rings. The number of hydrogen-bond acceptors (Lipinski definition) is 6. The van der Waals surface area contributed by atoms with E-state index in [1.807, 2.05) is 37.4 Å². The highest BCUT2D eigenvalue weighted by Crippen LogP contribution is 2.24. The molecule has 0 unspecified atom stereocenters. The fourth-order valence-electron chi connectivity index (χ4n) is 2.57. The summed E-state index contributed by atoms with van der Waals surface area (Å²) in [5.41, 5.74) is 7.99. The molecule has 0 radical (unpaired) electrons. The summed E-state index contributed by atoms with van der Waals surface area (Å²) in [6, 6.07) is 9.85. The van der Waals surface area contributed by atoms with Crippen molar-refractivity contribution in [3.05, 3.63) is 42.1 Å². The topological polar surface area (TPSA) is 93.7 Å². The van der Waals surface area contributed by atoms with Crippen LogP contribution in [-0.4, -0.2) is 31.8 Å². The maximum absolute atomic E-state index is 6.25. The Kier molecular flexibility index (Phi) is 4.59. The predicted molar refractivity (Wildman–Crippen MR) is 102 cm³/mol. The van der Waals surface area contributed by atoms with E-state index in [4.69, 9.17) is 5.73 Å². The van der Waals surface area contributed by atoms with Crippen molar-refractivity contribution >= 4 is 22.8 Å². The highest BCUT2D eigenvalue weighted by atomic mass is 15.3. The van der Waals surface area contributed by atoms with Crippen molar-refractivity contribution in [1.29, 1.82) is 0 Å². The molecule has 2 heterocycles. The SMILES string of the molecule is Cn1ncc2c(NC(C)(C)C)nc(NC[C@H](N)c3ccccc3)nc21. The van der Waals surface area contributed by atoms with Gasteiger partial charge < -0.3 is 16.4 Å². The van der Waals surface area contributed by atoms with E-state index >= 15 is 0 Å². The Labute approximate surface area is 147 Å². The van der Waals surface area contributed by atoms with Crippen LogP contribution in [0.5, 0.6) is 0 Å². The zero-order valence-corrected chi connectivity index (χ0v) is 15.1. The van der Waals surface area contributed by atoms with Crippen molar-refractivity contribution in [3.63, 3.8) is 0 Å². The van der Waals surface area contributed by atoms with Gasteiger partial charge in [0, 0.05) is 25.2 Å². The first kappa shape index (κ1) is 17.2. The van der Waals surface area contributed by atoms with Crippen LogP contribution in [0.1, 0.15) is 32.4 Å². The molecule has 1 aromatic carbocycles. The van der Waals surface area contributed by atoms with Crippen molar-refractivity contribution in [2.45, 2.75) is 32.4 Å². The van der Waals surface area contributed by atoms with Crippen molar-refractivity contribution in [2.75, 3.05) is 17.2 Å². The summed E-state index contributed by atoms with van der Waals surface area (Å²) in [5, 5.41) is 11.9. The number of nitrogens with one attached hydrogen (secondary N) is 2. The zero-order valence-electron chi connectivity index (χ0n) is 15.1. The van der Waals surface area contributed by atoms with Crippen LogP contribution in [0.4, 0.5) is 11.8 Å². The Morgan fingerprint density at radius 1 is 1.16 bits per heavy atom. The van der Waals surface area contributed by atoms with Crippen LogP contribution in [0.2, 0.25) is 0 Å². The molecule has 3 rings (SSSR count). The van der Waals surface area contributed by atoms with Gasteiger partial charge in [-0.2, -0.15) is 15.1 Å². The Hall–Kier alpha value is -2.67. The van der Waals surface area contributed by atoms with Gasteiger partial charge in [-0.25, -0.2) is 0 Å². The number of aromatic nitrogens is 4. The van der Waals surface area contributed by atoms with Crippen molar-refractivity contribution < 1.29 is 0 Å². The first-order valence-corrected chi connectivity index (χ1v) is 8.36. The Balaban J connectivity index is 1.85. The molecule has 0 spiro atoms. The van der Waals surface area contributed by atoms with E-state index in [-0.39, 0.29) is 11.6 Å². The molecule has 7 heteroatoms. The van der Waals surface area contributed by atoms with Gasteiger partial charge in [0.15, 0.2) is 5.65 Å². The number of hydrogen-bond donors (Lipinski definition) is 3. The van der Waals surface area contributed by atoms with Crippen LogP contribution in [0.25, 0.3) is 11.0 Å². The quantitative estimate of drug-likeness (QED) is 0.662. The van der Waals surface area contributed by atoms with Crippen LogP contribution >= 0.6 is 0 Å². The number of anilines is 2. The van der Waals surface area contributed by atoms with Gasteiger partial charge in [0.25, 0.3) is 0 Å². The molecule has 0 aliphatic carbocycles. The van der Waals surface area contributed by atoms with Gasteiger partial charge in [-0.3, -0.25) is 4.68 Å². The number of aryl methyl sites for hydroxylation is 1. The van der Waals surface area contributed by atoms with Crippen LogP contribution < -0.4 is 16.4 Å². The average molecular weight is 339 g/mol. The van der Waals surface area contributed by atoms with Gasteiger partial charge in [0.2, 0.25) is 5.95 Å². The normalized spacial score (nSPS) is 13.0. The van der Waals surface area contributed by atoms with E-state index in [2.05, 4.69) is 46.5 Å². The number of benzene rings is 1. The van der Waals surface area contributed by atoms with Crippen molar-refractivity contribution in [3.8, 4) is 0 Å². The van der Waals surface area contributed by atoms with Gasteiger partial charge in [0.1, 0.15) is 5.82 Å². The molecule has 2 aromatic heterocycles. The fraction of sp³-hybridized carbons (Fsp3) is 0.389. The average Bonchev–Trinajstić information content (AvgIpc) is 2.94. The summed E-state index contributed by atoms with van der Waals surface area (Å²) in [7, 11) is 1.87. The maximum atomic E-state index is 6.25. The first-order chi connectivity index (χ1) is 11.8. The molecule has 7 nitrogen and oxygen atoms in total. The summed E-state index contributed by atoms with van der Waals surface area (Å²) in [6.07, 6.45) is 1.78. The largest absolute Gasteiger partial charge is 0.365 e. The smallest absolute Gasteiger partial charge is 0.226 e. The minimum Gasteiger partial charge on any atom is -0.365 e. The molecule has 132 valence electrons. The molecule has 0 amide bonds. The molecular weight excluding hydrogens is 314 g/mol. The third kappa shape index (κ3) is 4.06. The highest BCUT2D eigenvalue weighted by Gasteiger charge is 2.17. The minimum absolute atomic E-state index is 0.116. The molecule has 4 N–H and O–H groups in total. The molecule has 3 aromatic rings. The number of rotatable bonds is 5. The second-order valence-electron chi connectivity index (χ2n) is 7.17. The highest BCUT2D eigenvalue weighted by molar-refractivity contribution is 5.87. The third-order valence-electron chi connectivity index (χ3n) is 3.79. The number of nitrogens with zero attached hydrogens (tertiary/aromatic N) is 4. The Morgan fingerprint density at radius 2 is 1.88 bits per heavy atom. The lowest BCUT2D eigenvalue weighted by molar-refractivity contribution is 0.631. The summed E-state index contributed by atoms with van der Waals surface area (Å²) in [4.78, 5) is 9.20. The first-order valence-electron chi connectivity index (χ1n) is 8.36. The van der Waals surface area contributed by atoms with Crippen molar-refractivity contribution in [2.24, 2.45) is 12.8 Å². The molecule has 0 bridgehead atoms. The number of fused-ring (bicyclic) bond motifs is 1. The van der Waals surface area contributed by atoms with Crippen LogP contribution in [0.15, 0.2) is 36.5 Å². The van der Waals surface area contributed by atoms with Gasteiger partial charge in [-0.15, -0.1) is 0 Å². The van der Waals surface area contributed by atoms with E-state index in [0.29, 0.717) is 12.5 Å². The molecule has 1 atom stereocenters. The van der Waals surface area contributed by atoms with Crippen LogP contribution in [-0.2, 0) is 7.05 Å². The summed E-state index contributed by atoms with van der Waals surface area (Å²) in [5.74, 6) is 1.30. The fourth-order valence-corrected chi connectivity index (χ4v) is 2.57. The Bertz CT molecular complexity index is 849. The third-order valence-corrected chi connectivity index (χ3v) is 3.79. The molecule has 0 saturated heterocycles. The lowest BCUT2D eigenvalue weighted by Crippen LogP contribution is -2.27. The summed E-state index contributed by atoms with van der Waals surface area (Å²) >= 11 is 0. The van der Waals surface area contributed by atoms with Crippen molar-refractivity contribution in [1.82, 2.24) is 19.7 Å². The maximum Gasteiger partial charge on any atom is 0.226 e.